The lowest BCUT2D eigenvalue weighted by Crippen LogP contribution is -2.76. The minimum Gasteiger partial charge on any atom is -0.497 e. The molecule has 2 heterocycles. The number of methoxy groups -OCH3 is 2. The highest BCUT2D eigenvalue weighted by molar-refractivity contribution is 6.01. The Morgan fingerprint density at radius 3 is 2.49 bits per heavy atom. The van der Waals surface area contributed by atoms with Crippen LogP contribution in [-0.2, 0) is 16.2 Å². The van der Waals surface area contributed by atoms with Gasteiger partial charge >= 0.3 is 17.8 Å². The molecule has 45 heavy (non-hydrogen) atoms. The Hall–Kier alpha value is -5.42. The summed E-state index contributed by atoms with van der Waals surface area (Å²) in [7, 11) is 4.36. The summed E-state index contributed by atoms with van der Waals surface area (Å²) in [4.78, 5) is 34.2. The fourth-order valence-corrected chi connectivity index (χ4v) is 4.39. The molecule has 0 saturated carbocycles. The smallest absolute Gasteiger partial charge is 0.490 e. The summed E-state index contributed by atoms with van der Waals surface area (Å²) in [6.07, 6.45) is -5.08. The second kappa shape index (κ2) is 13.5. The summed E-state index contributed by atoms with van der Waals surface area (Å²) in [6.45, 7) is 0.445. The number of ether oxygens (including phenoxy) is 2. The summed E-state index contributed by atoms with van der Waals surface area (Å²) >= 11 is 0. The molecule has 7 N–H and O–H groups in total. The first kappa shape index (κ1) is 32.5. The Morgan fingerprint density at radius 2 is 1.84 bits per heavy atom. The third kappa shape index (κ3) is 7.22. The molecule has 13 nitrogen and oxygen atoms in total. The number of H-pyrrole nitrogens is 1. The summed E-state index contributed by atoms with van der Waals surface area (Å²) in [6, 6.07) is 14.7. The molecule has 0 bridgehead atoms. The number of aromatic amines is 1. The number of carboxylic acid groups (broad SMARTS) is 1. The van der Waals surface area contributed by atoms with Gasteiger partial charge in [0.25, 0.3) is 0 Å². The summed E-state index contributed by atoms with van der Waals surface area (Å²) in [5.41, 5.74) is 10.7. The number of quaternary nitrogens is 1. The SMILES string of the molecule is CO[NH2+]c1ccccc1-n1nc(C(Nc2ccc3c(c2)CN=C3N)c2cc(OC)cc(OC)c2F)[nH]c1=O.O=C(O)C(F)(F)F. The Kier molecular flexibility index (Phi) is 9.73. The van der Waals surface area contributed by atoms with Gasteiger partial charge < -0.3 is 25.6 Å². The van der Waals surface area contributed by atoms with E-state index in [0.29, 0.717) is 35.2 Å². The fourth-order valence-electron chi connectivity index (χ4n) is 4.39. The number of aliphatic imine (C=N–C) groups is 1. The van der Waals surface area contributed by atoms with Crippen LogP contribution >= 0.6 is 0 Å². The van der Waals surface area contributed by atoms with Crippen molar-refractivity contribution in [3.8, 4) is 17.2 Å². The Balaban J connectivity index is 0.000000591. The lowest BCUT2D eigenvalue weighted by atomic mass is 10.0. The first-order valence-corrected chi connectivity index (χ1v) is 12.9. The number of para-hydroxylation sites is 1. The van der Waals surface area contributed by atoms with Gasteiger partial charge in [-0.3, -0.25) is 9.98 Å². The molecule has 0 spiro atoms. The second-order valence-electron chi connectivity index (χ2n) is 9.33. The number of fused-ring (bicyclic) bond motifs is 1. The molecule has 4 aromatic rings. The van der Waals surface area contributed by atoms with Crippen LogP contribution in [0.5, 0.6) is 11.5 Å². The molecule has 0 aliphatic carbocycles. The van der Waals surface area contributed by atoms with E-state index < -0.39 is 29.7 Å². The van der Waals surface area contributed by atoms with E-state index in [1.165, 1.54) is 43.6 Å². The maximum atomic E-state index is 15.7. The highest BCUT2D eigenvalue weighted by atomic mass is 19.4. The van der Waals surface area contributed by atoms with Crippen LogP contribution in [0.25, 0.3) is 5.69 Å². The summed E-state index contributed by atoms with van der Waals surface area (Å²) in [5.74, 6) is -2.37. The van der Waals surface area contributed by atoms with Gasteiger partial charge in [0.1, 0.15) is 23.3 Å². The van der Waals surface area contributed by atoms with Crippen molar-refractivity contribution >= 4 is 23.2 Å². The van der Waals surface area contributed by atoms with E-state index in [1.54, 1.807) is 18.2 Å². The third-order valence-corrected chi connectivity index (χ3v) is 6.48. The number of nitrogens with one attached hydrogen (secondary N) is 2. The lowest BCUT2D eigenvalue weighted by molar-refractivity contribution is -0.830. The highest BCUT2D eigenvalue weighted by Gasteiger charge is 2.38. The first-order valence-electron chi connectivity index (χ1n) is 12.9. The van der Waals surface area contributed by atoms with Gasteiger partial charge in [-0.05, 0) is 35.9 Å². The molecule has 1 atom stereocenters. The average molecular weight is 635 g/mol. The van der Waals surface area contributed by atoms with E-state index in [0.717, 1.165) is 11.1 Å². The molecule has 0 saturated heterocycles. The Morgan fingerprint density at radius 1 is 1.13 bits per heavy atom. The molecule has 1 aromatic heterocycles. The number of aromatic nitrogens is 3. The number of carbonyl (C=O) groups is 1. The van der Waals surface area contributed by atoms with Crippen LogP contribution in [0.3, 0.4) is 0 Å². The van der Waals surface area contributed by atoms with Crippen molar-refractivity contribution in [3.05, 3.63) is 93.4 Å². The van der Waals surface area contributed by atoms with Crippen LogP contribution in [0.15, 0.2) is 64.4 Å². The van der Waals surface area contributed by atoms with E-state index in [-0.39, 0.29) is 17.1 Å². The summed E-state index contributed by atoms with van der Waals surface area (Å²) < 4.78 is 59.3. The molecule has 0 radical (unpaired) electrons. The number of anilines is 1. The van der Waals surface area contributed by atoms with Gasteiger partial charge in [0, 0.05) is 28.9 Å². The topological polar surface area (TPSA) is 183 Å². The molecule has 5 rings (SSSR count). The van der Waals surface area contributed by atoms with Crippen molar-refractivity contribution < 1.29 is 47.3 Å². The van der Waals surface area contributed by atoms with E-state index in [9.17, 15) is 18.0 Å². The number of hydrogen-bond donors (Lipinski definition) is 5. The molecule has 0 fully saturated rings. The number of aliphatic carboxylic acids is 1. The number of rotatable bonds is 9. The number of hydrogen-bond acceptors (Lipinski definition) is 9. The quantitative estimate of drug-likeness (QED) is 0.105. The molecule has 0 amide bonds. The first-order chi connectivity index (χ1) is 21.4. The largest absolute Gasteiger partial charge is 0.497 e. The normalized spacial score (nSPS) is 12.8. The van der Waals surface area contributed by atoms with Gasteiger partial charge in [-0.25, -0.2) is 18.8 Å². The highest BCUT2D eigenvalue weighted by Crippen LogP contribution is 2.35. The molecular formula is C28H28F4N7O6+. The van der Waals surface area contributed by atoms with Crippen LogP contribution in [0, 0.1) is 5.82 Å². The van der Waals surface area contributed by atoms with E-state index in [1.807, 2.05) is 24.3 Å². The molecule has 238 valence electrons. The van der Waals surface area contributed by atoms with E-state index in [2.05, 4.69) is 20.4 Å². The van der Waals surface area contributed by atoms with Crippen molar-refractivity contribution in [1.82, 2.24) is 14.8 Å². The Labute approximate surface area is 252 Å². The molecule has 17 heteroatoms. The van der Waals surface area contributed by atoms with Crippen molar-refractivity contribution in [2.75, 3.05) is 26.6 Å². The maximum absolute atomic E-state index is 15.7. The number of nitrogens with two attached hydrogens (primary N) is 2. The predicted octanol–water partition coefficient (Wildman–Crippen LogP) is 2.53. The predicted molar refractivity (Wildman–Crippen MR) is 152 cm³/mol. The monoisotopic (exact) mass is 634 g/mol. The van der Waals surface area contributed by atoms with Gasteiger partial charge in [-0.15, -0.1) is 5.10 Å². The van der Waals surface area contributed by atoms with E-state index in [4.69, 9.17) is 29.9 Å². The molecule has 1 unspecified atom stereocenters. The van der Waals surface area contributed by atoms with Crippen molar-refractivity contribution in [2.24, 2.45) is 10.7 Å². The van der Waals surface area contributed by atoms with Gasteiger partial charge in [-0.1, -0.05) is 12.1 Å². The minimum atomic E-state index is -5.08. The third-order valence-electron chi connectivity index (χ3n) is 6.48. The van der Waals surface area contributed by atoms with Gasteiger partial charge in [0.2, 0.25) is 0 Å². The van der Waals surface area contributed by atoms with Crippen LogP contribution in [-0.4, -0.2) is 59.2 Å². The van der Waals surface area contributed by atoms with Gasteiger partial charge in [0.05, 0.1) is 27.9 Å². The zero-order chi connectivity index (χ0) is 32.9. The Bertz CT molecular complexity index is 1790. The number of halogens is 4. The number of nitrogens with zero attached hydrogens (tertiary/aromatic N) is 3. The number of carboxylic acids is 1. The lowest BCUT2D eigenvalue weighted by Gasteiger charge is -2.21. The zero-order valence-corrected chi connectivity index (χ0v) is 24.0. The van der Waals surface area contributed by atoms with Crippen LogP contribution < -0.4 is 31.7 Å². The molecule has 3 aromatic carbocycles. The van der Waals surface area contributed by atoms with Gasteiger partial charge in [0.15, 0.2) is 23.1 Å². The van der Waals surface area contributed by atoms with Crippen LogP contribution in [0.1, 0.15) is 28.6 Å². The number of alkyl halides is 3. The van der Waals surface area contributed by atoms with Gasteiger partial charge in [-0.2, -0.15) is 23.3 Å². The molecular weight excluding hydrogens is 606 g/mol. The van der Waals surface area contributed by atoms with Crippen molar-refractivity contribution in [3.63, 3.8) is 0 Å². The summed E-state index contributed by atoms with van der Waals surface area (Å²) in [5, 5.41) is 15.0. The average Bonchev–Trinajstić information content (AvgIpc) is 3.58. The number of benzene rings is 3. The second-order valence-corrected chi connectivity index (χ2v) is 9.33. The minimum absolute atomic E-state index is 0.0110. The van der Waals surface area contributed by atoms with Crippen LogP contribution in [0.4, 0.5) is 28.9 Å². The number of amidine groups is 1. The van der Waals surface area contributed by atoms with Crippen molar-refractivity contribution in [2.45, 2.75) is 18.8 Å². The molecule has 1 aliphatic rings. The fraction of sp³-hybridized carbons (Fsp3) is 0.214. The maximum Gasteiger partial charge on any atom is 0.490 e. The zero-order valence-electron chi connectivity index (χ0n) is 24.0. The van der Waals surface area contributed by atoms with Crippen LogP contribution in [0.2, 0.25) is 0 Å². The van der Waals surface area contributed by atoms with E-state index >= 15 is 4.39 Å². The van der Waals surface area contributed by atoms with Crippen molar-refractivity contribution in [1.29, 1.82) is 0 Å². The standard InChI is InChI=1S/C26H26FN7O4.C2HF3O2/c1-36-16-11-18(22(27)21(12-16)37-2)23(30-15-8-9-17-14(10-15)13-29-24(17)28)25-31-26(35)34(32-25)20-7-5-4-6-19(20)33-38-3;3-2(4,5)1(6)7/h4-12,23,30,33H,13H2,1-3H3,(H2,28,29)(H,31,32,35);(H,6,7)/p+1. The molecule has 1 aliphatic heterocycles.